The van der Waals surface area contributed by atoms with Gasteiger partial charge in [-0.25, -0.2) is 8.78 Å². The molecule has 0 spiro atoms. The Hall–Kier alpha value is -1.46. The minimum atomic E-state index is -0.899. The first-order valence-electron chi connectivity index (χ1n) is 5.99. The fourth-order valence-corrected chi connectivity index (χ4v) is 2.52. The van der Waals surface area contributed by atoms with Crippen LogP contribution < -0.4 is 10.5 Å². The Morgan fingerprint density at radius 3 is 2.45 bits per heavy atom. The molecule has 0 saturated carbocycles. The highest BCUT2D eigenvalue weighted by molar-refractivity contribution is 9.10. The van der Waals surface area contributed by atoms with Crippen LogP contribution in [0.2, 0.25) is 0 Å². The Kier molecular flexibility index (Phi) is 4.40. The lowest BCUT2D eigenvalue weighted by Gasteiger charge is -2.16. The van der Waals surface area contributed by atoms with Crippen molar-refractivity contribution in [2.75, 3.05) is 7.11 Å². The zero-order valence-electron chi connectivity index (χ0n) is 11.1. The molecule has 0 aliphatic heterocycles. The predicted molar refractivity (Wildman–Crippen MR) is 77.8 cm³/mol. The molecule has 2 rings (SSSR count). The number of hydrogen-bond donors (Lipinski definition) is 1. The molecule has 0 aliphatic carbocycles. The van der Waals surface area contributed by atoms with Crippen LogP contribution in [0.4, 0.5) is 8.78 Å². The molecule has 5 heteroatoms. The van der Waals surface area contributed by atoms with Gasteiger partial charge in [-0.3, -0.25) is 0 Å². The maximum absolute atomic E-state index is 14.0. The van der Waals surface area contributed by atoms with Crippen LogP contribution in [0, 0.1) is 18.6 Å². The topological polar surface area (TPSA) is 35.2 Å². The van der Waals surface area contributed by atoms with E-state index in [1.807, 2.05) is 0 Å². The second-order valence-corrected chi connectivity index (χ2v) is 5.33. The van der Waals surface area contributed by atoms with Gasteiger partial charge in [0.05, 0.1) is 17.6 Å². The number of aryl methyl sites for hydroxylation is 1. The van der Waals surface area contributed by atoms with Gasteiger partial charge < -0.3 is 10.5 Å². The molecule has 106 valence electrons. The molecule has 0 radical (unpaired) electrons. The van der Waals surface area contributed by atoms with Crippen molar-refractivity contribution in [2.45, 2.75) is 13.0 Å². The molecule has 0 aliphatic rings. The van der Waals surface area contributed by atoms with E-state index >= 15 is 0 Å². The molecular formula is C15H14BrF2NO. The van der Waals surface area contributed by atoms with Gasteiger partial charge in [-0.05, 0) is 46.1 Å². The van der Waals surface area contributed by atoms with Crippen molar-refractivity contribution >= 4 is 15.9 Å². The smallest absolute Gasteiger partial charge is 0.164 e. The number of rotatable bonds is 3. The number of hydrogen-bond acceptors (Lipinski definition) is 2. The van der Waals surface area contributed by atoms with E-state index < -0.39 is 17.7 Å². The highest BCUT2D eigenvalue weighted by atomic mass is 79.9. The van der Waals surface area contributed by atoms with Crippen molar-refractivity contribution < 1.29 is 13.5 Å². The third-order valence-electron chi connectivity index (χ3n) is 3.18. The minimum Gasteiger partial charge on any atom is -0.496 e. The van der Waals surface area contributed by atoms with Crippen molar-refractivity contribution in [2.24, 2.45) is 5.73 Å². The lowest BCUT2D eigenvalue weighted by atomic mass is 9.97. The molecule has 0 bridgehead atoms. The number of methoxy groups -OCH3 is 1. The van der Waals surface area contributed by atoms with E-state index in [4.69, 9.17) is 10.5 Å². The third kappa shape index (κ3) is 2.69. The molecule has 0 amide bonds. The molecule has 0 heterocycles. The average Bonchev–Trinajstić information content (AvgIpc) is 2.44. The standard InChI is InChI=1S/C15H14BrF2NO/c1-8-3-5-10(14(18)13(8)17)15(19)9-4-6-12(20-2)11(16)7-9/h3-7,15H,19H2,1-2H3. The second-order valence-electron chi connectivity index (χ2n) is 4.47. The zero-order valence-corrected chi connectivity index (χ0v) is 12.7. The normalized spacial score (nSPS) is 12.3. The molecule has 2 nitrogen and oxygen atoms in total. The van der Waals surface area contributed by atoms with Crippen molar-refractivity contribution in [1.82, 2.24) is 0 Å². The summed E-state index contributed by atoms with van der Waals surface area (Å²) < 4.78 is 33.4. The number of benzene rings is 2. The number of nitrogens with two attached hydrogens (primary N) is 1. The fourth-order valence-electron chi connectivity index (χ4n) is 1.96. The first kappa shape index (κ1) is 14.9. The van der Waals surface area contributed by atoms with Crippen molar-refractivity contribution in [3.05, 3.63) is 63.1 Å². The van der Waals surface area contributed by atoms with Gasteiger partial charge in [0.2, 0.25) is 0 Å². The lowest BCUT2D eigenvalue weighted by Crippen LogP contribution is -2.15. The lowest BCUT2D eigenvalue weighted by molar-refractivity contribution is 0.412. The van der Waals surface area contributed by atoms with E-state index in [1.165, 1.54) is 19.1 Å². The fraction of sp³-hybridized carbons (Fsp3) is 0.200. The molecule has 20 heavy (non-hydrogen) atoms. The summed E-state index contributed by atoms with van der Waals surface area (Å²) in [6.45, 7) is 1.51. The Bertz CT molecular complexity index is 646. The predicted octanol–water partition coefficient (Wildman–Crippen LogP) is 4.09. The summed E-state index contributed by atoms with van der Waals surface area (Å²) in [7, 11) is 1.55. The summed E-state index contributed by atoms with van der Waals surface area (Å²) in [4.78, 5) is 0. The number of halogens is 3. The molecule has 1 atom stereocenters. The summed E-state index contributed by atoms with van der Waals surface area (Å²) in [5.41, 5.74) is 7.08. The monoisotopic (exact) mass is 341 g/mol. The largest absolute Gasteiger partial charge is 0.496 e. The average molecular weight is 342 g/mol. The van der Waals surface area contributed by atoms with Crippen LogP contribution >= 0.6 is 15.9 Å². The molecule has 1 unspecified atom stereocenters. The quantitative estimate of drug-likeness (QED) is 0.912. The summed E-state index contributed by atoms with van der Waals surface area (Å²) in [6.07, 6.45) is 0. The molecule has 0 fully saturated rings. The first-order valence-corrected chi connectivity index (χ1v) is 6.78. The van der Waals surface area contributed by atoms with Crippen molar-refractivity contribution in [1.29, 1.82) is 0 Å². The number of ether oxygens (including phenoxy) is 1. The van der Waals surface area contributed by atoms with Gasteiger partial charge >= 0.3 is 0 Å². The van der Waals surface area contributed by atoms with E-state index in [9.17, 15) is 8.78 Å². The van der Waals surface area contributed by atoms with Crippen molar-refractivity contribution in [3.8, 4) is 5.75 Å². The van der Waals surface area contributed by atoms with Crippen LogP contribution in [0.1, 0.15) is 22.7 Å². The Labute approximate surface area is 124 Å². The third-order valence-corrected chi connectivity index (χ3v) is 3.79. The van der Waals surface area contributed by atoms with E-state index in [2.05, 4.69) is 15.9 Å². The van der Waals surface area contributed by atoms with Crippen molar-refractivity contribution in [3.63, 3.8) is 0 Å². The molecule has 2 aromatic rings. The SMILES string of the molecule is COc1ccc(C(N)c2ccc(C)c(F)c2F)cc1Br. The van der Waals surface area contributed by atoms with Gasteiger partial charge in [0.1, 0.15) is 5.75 Å². The first-order chi connectivity index (χ1) is 9.45. The van der Waals surface area contributed by atoms with Gasteiger partial charge in [-0.1, -0.05) is 18.2 Å². The maximum Gasteiger partial charge on any atom is 0.164 e. The summed E-state index contributed by atoms with van der Waals surface area (Å²) in [6, 6.07) is 7.48. The van der Waals surface area contributed by atoms with Crippen LogP contribution in [0.15, 0.2) is 34.8 Å². The van der Waals surface area contributed by atoms with Gasteiger partial charge in [-0.15, -0.1) is 0 Å². The Morgan fingerprint density at radius 2 is 1.85 bits per heavy atom. The molecule has 2 N–H and O–H groups in total. The van der Waals surface area contributed by atoms with Crippen LogP contribution in [0.25, 0.3) is 0 Å². The van der Waals surface area contributed by atoms with Gasteiger partial charge in [-0.2, -0.15) is 0 Å². The molecule has 2 aromatic carbocycles. The van der Waals surface area contributed by atoms with Gasteiger partial charge in [0.15, 0.2) is 11.6 Å². The van der Waals surface area contributed by atoms with E-state index in [1.54, 1.807) is 25.3 Å². The minimum absolute atomic E-state index is 0.130. The zero-order chi connectivity index (χ0) is 14.9. The van der Waals surface area contributed by atoms with Crippen LogP contribution in [-0.4, -0.2) is 7.11 Å². The van der Waals surface area contributed by atoms with E-state index in [0.717, 1.165) is 0 Å². The summed E-state index contributed by atoms with van der Waals surface area (Å²) in [5.74, 6) is -1.11. The van der Waals surface area contributed by atoms with Crippen LogP contribution in [-0.2, 0) is 0 Å². The highest BCUT2D eigenvalue weighted by Crippen LogP contribution is 2.31. The summed E-state index contributed by atoms with van der Waals surface area (Å²) >= 11 is 3.34. The second kappa shape index (κ2) is 5.89. The summed E-state index contributed by atoms with van der Waals surface area (Å²) in [5, 5.41) is 0. The van der Waals surface area contributed by atoms with Gasteiger partial charge in [0.25, 0.3) is 0 Å². The highest BCUT2D eigenvalue weighted by Gasteiger charge is 2.18. The van der Waals surface area contributed by atoms with Crippen LogP contribution in [0.5, 0.6) is 5.75 Å². The maximum atomic E-state index is 14.0. The molecule has 0 saturated heterocycles. The molecular weight excluding hydrogens is 328 g/mol. The Balaban J connectivity index is 2.44. The van der Waals surface area contributed by atoms with E-state index in [0.29, 0.717) is 15.8 Å². The Morgan fingerprint density at radius 1 is 1.15 bits per heavy atom. The van der Waals surface area contributed by atoms with Crippen LogP contribution in [0.3, 0.4) is 0 Å². The van der Waals surface area contributed by atoms with Gasteiger partial charge in [0, 0.05) is 5.56 Å². The van der Waals surface area contributed by atoms with E-state index in [-0.39, 0.29) is 11.1 Å². The molecule has 0 aromatic heterocycles.